The Morgan fingerprint density at radius 3 is 1.72 bits per heavy atom. The summed E-state index contributed by atoms with van der Waals surface area (Å²) >= 11 is 0. The molecule has 0 aromatic rings. The Labute approximate surface area is 160 Å². The Bertz CT molecular complexity index is 618. The molecule has 4 atom stereocenters. The first-order valence-corrected chi connectivity index (χ1v) is 13.5. The predicted octanol–water partition coefficient (Wildman–Crippen LogP) is 7.90. The van der Waals surface area contributed by atoms with E-state index in [0.717, 1.165) is 23.4 Å². The minimum Gasteiger partial charge on any atom is -0.0827 e. The van der Waals surface area contributed by atoms with Crippen molar-refractivity contribution in [2.24, 2.45) is 34.0 Å². The Morgan fingerprint density at radius 1 is 0.800 bits per heavy atom. The van der Waals surface area contributed by atoms with E-state index in [1.54, 1.807) is 22.8 Å². The van der Waals surface area contributed by atoms with Crippen molar-refractivity contribution in [1.82, 2.24) is 0 Å². The molecule has 0 radical (unpaired) electrons. The molecule has 2 aliphatic carbocycles. The van der Waals surface area contributed by atoms with Crippen molar-refractivity contribution in [1.29, 1.82) is 0 Å². The summed E-state index contributed by atoms with van der Waals surface area (Å²) in [6.07, 6.45) is 4.63. The zero-order valence-corrected chi connectivity index (χ0v) is 20.5. The van der Waals surface area contributed by atoms with Gasteiger partial charge in [0.15, 0.2) is 0 Å². The van der Waals surface area contributed by atoms with Crippen LogP contribution in [0.4, 0.5) is 0 Å². The molecule has 140 valence electrons. The minimum atomic E-state index is -0.0320. The van der Waals surface area contributed by atoms with E-state index >= 15 is 0 Å². The van der Waals surface area contributed by atoms with Crippen LogP contribution in [0.3, 0.4) is 0 Å². The summed E-state index contributed by atoms with van der Waals surface area (Å²) in [6, 6.07) is 0. The lowest BCUT2D eigenvalue weighted by molar-refractivity contribution is 0.214. The summed E-state index contributed by atoms with van der Waals surface area (Å²) in [5, 5.41) is 3.91. The van der Waals surface area contributed by atoms with Crippen molar-refractivity contribution < 1.29 is 0 Å². The third-order valence-electron chi connectivity index (χ3n) is 7.09. The molecule has 5 rings (SSSR count). The summed E-state index contributed by atoms with van der Waals surface area (Å²) in [5.74, 6) is 3.10. The molecule has 0 nitrogen and oxygen atoms in total. The van der Waals surface area contributed by atoms with Gasteiger partial charge in [-0.2, -0.15) is 0 Å². The maximum Gasteiger partial charge on any atom is 0.0628 e. The first-order chi connectivity index (χ1) is 11.3. The Balaban J connectivity index is 2.01. The first-order valence-electron chi connectivity index (χ1n) is 10.3. The van der Waals surface area contributed by atoms with E-state index in [9.17, 15) is 0 Å². The fourth-order valence-electron chi connectivity index (χ4n) is 6.08. The van der Waals surface area contributed by atoms with Gasteiger partial charge < -0.3 is 0 Å². The maximum atomic E-state index is 2.56. The minimum absolute atomic E-state index is 0.0320. The summed E-state index contributed by atoms with van der Waals surface area (Å²) in [4.78, 5) is 0.472. The molecule has 2 fully saturated rings. The molecule has 3 heterocycles. The lowest BCUT2D eigenvalue weighted by atomic mass is 9.75. The van der Waals surface area contributed by atoms with E-state index in [2.05, 4.69) is 62.3 Å². The molecule has 0 spiro atoms. The Kier molecular flexibility index (Phi) is 4.15. The van der Waals surface area contributed by atoms with Crippen LogP contribution in [0.15, 0.2) is 0 Å². The van der Waals surface area contributed by atoms with Gasteiger partial charge in [0.05, 0.1) is 4.90 Å². The largest absolute Gasteiger partial charge is 0.0827 e. The summed E-state index contributed by atoms with van der Waals surface area (Å²) in [5.41, 5.74) is 2.14. The molecule has 3 heteroatoms. The zero-order valence-electron chi connectivity index (χ0n) is 17.8. The highest BCUT2D eigenvalue weighted by Gasteiger charge is 2.67. The van der Waals surface area contributed by atoms with E-state index in [4.69, 9.17) is 0 Å². The SMILES string of the molecule is CC(C)(C)C1=PC2(C(C)(C)C)P=C(C(C)(C)C)P1[C@H]1[C@@H]3CC[C@@H](C3)[C@H]12. The average molecular weight is 394 g/mol. The van der Waals surface area contributed by atoms with Gasteiger partial charge in [-0.1, -0.05) is 78.7 Å². The van der Waals surface area contributed by atoms with Crippen molar-refractivity contribution in [2.75, 3.05) is 0 Å². The zero-order chi connectivity index (χ0) is 18.6. The van der Waals surface area contributed by atoms with Crippen molar-refractivity contribution in [3.8, 4) is 0 Å². The van der Waals surface area contributed by atoms with Crippen LogP contribution in [0.1, 0.15) is 81.6 Å². The Morgan fingerprint density at radius 2 is 1.28 bits per heavy atom. The van der Waals surface area contributed by atoms with Gasteiger partial charge in [0, 0.05) is 0 Å². The molecule has 3 aliphatic heterocycles. The van der Waals surface area contributed by atoms with E-state index in [1.807, 2.05) is 10.1 Å². The highest BCUT2D eigenvalue weighted by atomic mass is 31.2. The van der Waals surface area contributed by atoms with Crippen LogP contribution in [-0.4, -0.2) is 20.6 Å². The fraction of sp³-hybridized carbons (Fsp3) is 0.909. The van der Waals surface area contributed by atoms with Gasteiger partial charge in [-0.3, -0.25) is 0 Å². The Hall–Kier alpha value is 0.770. The average Bonchev–Trinajstić information content (AvgIpc) is 3.06. The molecule has 0 unspecified atom stereocenters. The van der Waals surface area contributed by atoms with Gasteiger partial charge in [-0.15, -0.1) is 0 Å². The van der Waals surface area contributed by atoms with Crippen LogP contribution in [-0.2, 0) is 0 Å². The number of fused-ring (bicyclic) bond motifs is 2. The van der Waals surface area contributed by atoms with Gasteiger partial charge in [-0.05, 0) is 76.9 Å². The van der Waals surface area contributed by atoms with Gasteiger partial charge in [0.1, 0.15) is 0 Å². The second-order valence-corrected chi connectivity index (χ2v) is 18.1. The highest BCUT2D eigenvalue weighted by Crippen LogP contribution is 2.82. The smallest absolute Gasteiger partial charge is 0.0628 e. The van der Waals surface area contributed by atoms with Crippen LogP contribution in [0.5, 0.6) is 0 Å². The molecule has 5 aliphatic rings. The molecule has 0 saturated heterocycles. The number of hydrogen-bond acceptors (Lipinski definition) is 0. The molecule has 25 heavy (non-hydrogen) atoms. The van der Waals surface area contributed by atoms with Crippen molar-refractivity contribution in [3.63, 3.8) is 0 Å². The standard InChI is InChI=1S/C22H37P3/c1-19(2,3)17-23-22(21(7,8)9)15-13-10-11-14(12-13)16(15)25(17)18(24-22)20(4,5)6/h13-16H,10-12H2,1-9H3/t13-,14+,15+,16-,22?,25?/m0/s1. The second kappa shape index (κ2) is 5.43. The van der Waals surface area contributed by atoms with E-state index in [1.165, 1.54) is 12.8 Å². The molecule has 0 aromatic heterocycles. The van der Waals surface area contributed by atoms with Gasteiger partial charge in [-0.25, -0.2) is 0 Å². The van der Waals surface area contributed by atoms with Crippen LogP contribution in [0.25, 0.3) is 0 Å². The summed E-state index contributed by atoms with van der Waals surface area (Å²) < 4.78 is 0. The fourth-order valence-corrected chi connectivity index (χ4v) is 17.8. The van der Waals surface area contributed by atoms with Crippen molar-refractivity contribution >= 4 is 34.4 Å². The summed E-state index contributed by atoms with van der Waals surface area (Å²) in [7, 11) is 3.47. The summed E-state index contributed by atoms with van der Waals surface area (Å²) in [6.45, 7) is 22.7. The quantitative estimate of drug-likeness (QED) is 0.366. The van der Waals surface area contributed by atoms with Crippen molar-refractivity contribution in [3.05, 3.63) is 0 Å². The third-order valence-corrected chi connectivity index (χ3v) is 17.6. The lowest BCUT2D eigenvalue weighted by Gasteiger charge is -2.62. The van der Waals surface area contributed by atoms with Crippen LogP contribution in [0.2, 0.25) is 0 Å². The topological polar surface area (TPSA) is 0 Å². The molecular weight excluding hydrogens is 357 g/mol. The van der Waals surface area contributed by atoms with E-state index in [-0.39, 0.29) is 7.92 Å². The molecule has 0 N–H and O–H groups in total. The van der Waals surface area contributed by atoms with E-state index < -0.39 is 0 Å². The van der Waals surface area contributed by atoms with Crippen LogP contribution in [0, 0.1) is 34.0 Å². The van der Waals surface area contributed by atoms with E-state index in [0.29, 0.717) is 21.1 Å². The predicted molar refractivity (Wildman–Crippen MR) is 120 cm³/mol. The maximum absolute atomic E-state index is 2.56. The van der Waals surface area contributed by atoms with Crippen LogP contribution < -0.4 is 0 Å². The van der Waals surface area contributed by atoms with Crippen molar-refractivity contribution in [2.45, 2.75) is 92.1 Å². The normalized spacial score (nSPS) is 44.4. The molecule has 0 aromatic carbocycles. The number of hydrogen-bond donors (Lipinski definition) is 0. The molecule has 4 bridgehead atoms. The van der Waals surface area contributed by atoms with Crippen LogP contribution >= 0.6 is 24.3 Å². The molecule has 2 saturated carbocycles. The molecule has 0 amide bonds. The van der Waals surface area contributed by atoms with Gasteiger partial charge >= 0.3 is 0 Å². The second-order valence-electron chi connectivity index (χ2n) is 12.1. The first kappa shape index (κ1) is 19.1. The van der Waals surface area contributed by atoms with Gasteiger partial charge in [0.2, 0.25) is 0 Å². The number of rotatable bonds is 0. The monoisotopic (exact) mass is 394 g/mol. The molecular formula is C22H37P3. The third kappa shape index (κ3) is 2.56. The lowest BCUT2D eigenvalue weighted by Crippen LogP contribution is -2.55. The highest BCUT2D eigenvalue weighted by molar-refractivity contribution is 8.06. The van der Waals surface area contributed by atoms with Gasteiger partial charge in [0.25, 0.3) is 0 Å².